The van der Waals surface area contributed by atoms with Gasteiger partial charge in [-0.1, -0.05) is 19.1 Å². The highest BCUT2D eigenvalue weighted by molar-refractivity contribution is 7.09. The first-order valence-corrected chi connectivity index (χ1v) is 7.30. The standard InChI is InChI=1S/C14H16N4S/c1-2-15-8-10-9-19-14(16-10)7-13-17-11-5-3-4-6-12(11)18-13/h3-6,9,15H,2,7-8H2,1H3,(H,17,18). The number of hydrogen-bond donors (Lipinski definition) is 2. The summed E-state index contributed by atoms with van der Waals surface area (Å²) in [5.74, 6) is 0.977. The van der Waals surface area contributed by atoms with Gasteiger partial charge in [0.25, 0.3) is 0 Å². The van der Waals surface area contributed by atoms with E-state index in [2.05, 4.69) is 32.6 Å². The number of aromatic amines is 1. The topological polar surface area (TPSA) is 53.6 Å². The van der Waals surface area contributed by atoms with E-state index in [1.807, 2.05) is 24.3 Å². The number of nitrogens with one attached hydrogen (secondary N) is 2. The molecule has 0 spiro atoms. The van der Waals surface area contributed by atoms with Gasteiger partial charge in [0.1, 0.15) is 10.8 Å². The van der Waals surface area contributed by atoms with Crippen LogP contribution in [-0.4, -0.2) is 21.5 Å². The molecular formula is C14H16N4S. The molecule has 98 valence electrons. The summed E-state index contributed by atoms with van der Waals surface area (Å²) in [6.45, 7) is 3.91. The van der Waals surface area contributed by atoms with Crippen molar-refractivity contribution in [3.63, 3.8) is 0 Å². The maximum absolute atomic E-state index is 4.61. The van der Waals surface area contributed by atoms with Crippen LogP contribution in [0.2, 0.25) is 0 Å². The lowest BCUT2D eigenvalue weighted by Gasteiger charge is -1.95. The van der Waals surface area contributed by atoms with Crippen LogP contribution in [0.4, 0.5) is 0 Å². The Bertz CT molecular complexity index is 638. The summed E-state index contributed by atoms with van der Waals surface area (Å²) < 4.78 is 0. The lowest BCUT2D eigenvalue weighted by Crippen LogP contribution is -2.11. The Hall–Kier alpha value is -1.72. The van der Waals surface area contributed by atoms with Gasteiger partial charge in [0.2, 0.25) is 0 Å². The fraction of sp³-hybridized carbons (Fsp3) is 0.286. The number of hydrogen-bond acceptors (Lipinski definition) is 4. The van der Waals surface area contributed by atoms with Crippen molar-refractivity contribution in [3.8, 4) is 0 Å². The fourth-order valence-electron chi connectivity index (χ4n) is 2.00. The normalized spacial score (nSPS) is 11.2. The molecule has 2 aromatic heterocycles. The Labute approximate surface area is 115 Å². The zero-order valence-corrected chi connectivity index (χ0v) is 11.6. The molecule has 2 N–H and O–H groups in total. The molecule has 0 aliphatic rings. The van der Waals surface area contributed by atoms with Crippen LogP contribution in [0.5, 0.6) is 0 Å². The number of H-pyrrole nitrogens is 1. The number of thiazole rings is 1. The van der Waals surface area contributed by atoms with Crippen molar-refractivity contribution in [2.24, 2.45) is 0 Å². The van der Waals surface area contributed by atoms with Gasteiger partial charge in [-0.3, -0.25) is 0 Å². The van der Waals surface area contributed by atoms with Gasteiger partial charge in [-0.15, -0.1) is 11.3 Å². The third-order valence-corrected chi connectivity index (χ3v) is 3.81. The molecule has 2 heterocycles. The molecule has 0 amide bonds. The number of imidazole rings is 1. The quantitative estimate of drug-likeness (QED) is 0.751. The maximum atomic E-state index is 4.61. The number of aromatic nitrogens is 3. The smallest absolute Gasteiger partial charge is 0.114 e. The Balaban J connectivity index is 1.75. The first kappa shape index (κ1) is 12.3. The second-order valence-electron chi connectivity index (χ2n) is 4.39. The lowest BCUT2D eigenvalue weighted by atomic mass is 10.3. The molecule has 0 fully saturated rings. The second kappa shape index (κ2) is 5.50. The van der Waals surface area contributed by atoms with Crippen LogP contribution in [0.25, 0.3) is 11.0 Å². The van der Waals surface area contributed by atoms with E-state index < -0.39 is 0 Å². The largest absolute Gasteiger partial charge is 0.342 e. The minimum atomic E-state index is 0.769. The van der Waals surface area contributed by atoms with Crippen LogP contribution in [0.1, 0.15) is 23.4 Å². The van der Waals surface area contributed by atoms with Crippen LogP contribution in [0.3, 0.4) is 0 Å². The molecular weight excluding hydrogens is 256 g/mol. The van der Waals surface area contributed by atoms with E-state index >= 15 is 0 Å². The van der Waals surface area contributed by atoms with Gasteiger partial charge in [0, 0.05) is 11.9 Å². The van der Waals surface area contributed by atoms with Gasteiger partial charge in [-0.05, 0) is 18.7 Å². The molecule has 5 heteroatoms. The average molecular weight is 272 g/mol. The summed E-state index contributed by atoms with van der Waals surface area (Å²) in [4.78, 5) is 12.5. The molecule has 0 unspecified atom stereocenters. The van der Waals surface area contributed by atoms with E-state index in [9.17, 15) is 0 Å². The predicted octanol–water partition coefficient (Wildman–Crippen LogP) is 2.72. The molecule has 0 atom stereocenters. The number of rotatable bonds is 5. The van der Waals surface area contributed by atoms with E-state index in [0.717, 1.165) is 47.1 Å². The van der Waals surface area contributed by atoms with Crippen molar-refractivity contribution in [2.75, 3.05) is 6.54 Å². The second-order valence-corrected chi connectivity index (χ2v) is 5.33. The monoisotopic (exact) mass is 272 g/mol. The number of fused-ring (bicyclic) bond motifs is 1. The van der Waals surface area contributed by atoms with Gasteiger partial charge in [0.15, 0.2) is 0 Å². The highest BCUT2D eigenvalue weighted by Crippen LogP contribution is 2.16. The SMILES string of the molecule is CCNCc1csc(Cc2nc3ccccc3[nH]2)n1. The van der Waals surface area contributed by atoms with E-state index in [0.29, 0.717) is 0 Å². The predicted molar refractivity (Wildman–Crippen MR) is 78.4 cm³/mol. The summed E-state index contributed by atoms with van der Waals surface area (Å²) in [7, 11) is 0. The Morgan fingerprint density at radius 1 is 1.26 bits per heavy atom. The number of nitrogens with zero attached hydrogens (tertiary/aromatic N) is 2. The van der Waals surface area contributed by atoms with E-state index in [1.54, 1.807) is 11.3 Å². The summed E-state index contributed by atoms with van der Waals surface area (Å²) in [5.41, 5.74) is 3.21. The lowest BCUT2D eigenvalue weighted by molar-refractivity contribution is 0.712. The summed E-state index contributed by atoms with van der Waals surface area (Å²) in [6.07, 6.45) is 0.769. The van der Waals surface area contributed by atoms with Gasteiger partial charge in [0.05, 0.1) is 23.1 Å². The van der Waals surface area contributed by atoms with Crippen LogP contribution >= 0.6 is 11.3 Å². The fourth-order valence-corrected chi connectivity index (χ4v) is 2.80. The van der Waals surface area contributed by atoms with Crippen molar-refractivity contribution >= 4 is 22.4 Å². The average Bonchev–Trinajstić information content (AvgIpc) is 3.02. The molecule has 1 aromatic carbocycles. The van der Waals surface area contributed by atoms with Crippen LogP contribution in [0, 0.1) is 0 Å². The molecule has 0 radical (unpaired) electrons. The van der Waals surface area contributed by atoms with Gasteiger partial charge in [-0.2, -0.15) is 0 Å². The molecule has 0 aliphatic carbocycles. The molecule has 0 bridgehead atoms. The minimum absolute atomic E-state index is 0.769. The zero-order valence-electron chi connectivity index (χ0n) is 10.8. The van der Waals surface area contributed by atoms with Crippen LogP contribution in [0.15, 0.2) is 29.6 Å². The molecule has 0 aliphatic heterocycles. The Kier molecular flexibility index (Phi) is 3.57. The number of para-hydroxylation sites is 2. The third kappa shape index (κ3) is 2.83. The van der Waals surface area contributed by atoms with Crippen molar-refractivity contribution in [2.45, 2.75) is 19.9 Å². The first-order valence-electron chi connectivity index (χ1n) is 6.43. The van der Waals surface area contributed by atoms with Crippen molar-refractivity contribution in [1.82, 2.24) is 20.3 Å². The van der Waals surface area contributed by atoms with E-state index in [4.69, 9.17) is 0 Å². The highest BCUT2D eigenvalue weighted by Gasteiger charge is 2.06. The minimum Gasteiger partial charge on any atom is -0.342 e. The van der Waals surface area contributed by atoms with Crippen LogP contribution < -0.4 is 5.32 Å². The molecule has 0 saturated heterocycles. The van der Waals surface area contributed by atoms with Crippen molar-refractivity contribution < 1.29 is 0 Å². The van der Waals surface area contributed by atoms with Gasteiger partial charge in [-0.25, -0.2) is 9.97 Å². The van der Waals surface area contributed by atoms with E-state index in [-0.39, 0.29) is 0 Å². The van der Waals surface area contributed by atoms with Crippen molar-refractivity contribution in [3.05, 3.63) is 46.2 Å². The maximum Gasteiger partial charge on any atom is 0.114 e. The summed E-state index contributed by atoms with van der Waals surface area (Å²) >= 11 is 1.69. The molecule has 3 aromatic rings. The summed E-state index contributed by atoms with van der Waals surface area (Å²) in [6, 6.07) is 8.09. The Morgan fingerprint density at radius 2 is 2.16 bits per heavy atom. The number of benzene rings is 1. The third-order valence-electron chi connectivity index (χ3n) is 2.91. The van der Waals surface area contributed by atoms with E-state index in [1.165, 1.54) is 0 Å². The highest BCUT2D eigenvalue weighted by atomic mass is 32.1. The molecule has 19 heavy (non-hydrogen) atoms. The summed E-state index contributed by atoms with van der Waals surface area (Å²) in [5, 5.41) is 6.50. The molecule has 0 saturated carbocycles. The van der Waals surface area contributed by atoms with Crippen molar-refractivity contribution in [1.29, 1.82) is 0 Å². The first-order chi connectivity index (χ1) is 9.35. The Morgan fingerprint density at radius 3 is 3.00 bits per heavy atom. The molecule has 4 nitrogen and oxygen atoms in total. The zero-order chi connectivity index (χ0) is 13.1. The molecule has 3 rings (SSSR count). The van der Waals surface area contributed by atoms with Gasteiger partial charge < -0.3 is 10.3 Å². The van der Waals surface area contributed by atoms with Gasteiger partial charge >= 0.3 is 0 Å². The van der Waals surface area contributed by atoms with Crippen LogP contribution in [-0.2, 0) is 13.0 Å².